The molecule has 1 unspecified atom stereocenters. The van der Waals surface area contributed by atoms with Crippen molar-refractivity contribution in [2.45, 2.75) is 31.0 Å². The number of benzene rings is 2. The van der Waals surface area contributed by atoms with Gasteiger partial charge in [-0.25, -0.2) is 0 Å². The third-order valence-corrected chi connectivity index (χ3v) is 6.07. The highest BCUT2D eigenvalue weighted by atomic mass is 16.6. The molecule has 1 spiro atoms. The van der Waals surface area contributed by atoms with Gasteiger partial charge in [0.15, 0.2) is 17.3 Å². The largest absolute Gasteiger partial charge is 0.497 e. The molecule has 0 saturated carbocycles. The first-order valence-electron chi connectivity index (χ1n) is 10.1. The van der Waals surface area contributed by atoms with Gasteiger partial charge in [-0.15, -0.1) is 0 Å². The summed E-state index contributed by atoms with van der Waals surface area (Å²) in [5.41, 5.74) is 0.00960. The van der Waals surface area contributed by atoms with Gasteiger partial charge >= 0.3 is 0 Å². The fourth-order valence-corrected chi connectivity index (χ4v) is 4.36. The van der Waals surface area contributed by atoms with E-state index in [1.807, 2.05) is 18.2 Å². The van der Waals surface area contributed by atoms with Crippen LogP contribution in [0.2, 0.25) is 0 Å². The second-order valence-electron chi connectivity index (χ2n) is 7.94. The first-order chi connectivity index (χ1) is 14.6. The molecule has 2 aromatic rings. The van der Waals surface area contributed by atoms with Crippen molar-refractivity contribution in [1.82, 2.24) is 4.90 Å². The van der Waals surface area contributed by atoms with E-state index in [1.165, 1.54) is 0 Å². The van der Waals surface area contributed by atoms with Crippen molar-refractivity contribution in [3.63, 3.8) is 0 Å². The summed E-state index contributed by atoms with van der Waals surface area (Å²) in [5, 5.41) is 0. The van der Waals surface area contributed by atoms with Crippen molar-refractivity contribution >= 4 is 11.7 Å². The molecule has 0 aromatic heterocycles. The summed E-state index contributed by atoms with van der Waals surface area (Å²) >= 11 is 0. The Hall–Kier alpha value is -3.22. The molecular formula is C23H23NO6. The van der Waals surface area contributed by atoms with Crippen molar-refractivity contribution in [3.8, 4) is 23.0 Å². The molecule has 5 rings (SSSR count). The molecular weight excluding hydrogens is 386 g/mol. The second-order valence-corrected chi connectivity index (χ2v) is 7.94. The molecule has 0 bridgehead atoms. The lowest BCUT2D eigenvalue weighted by molar-refractivity contribution is -0.144. The number of amides is 1. The quantitative estimate of drug-likeness (QED) is 0.759. The highest BCUT2D eigenvalue weighted by Gasteiger charge is 2.45. The SMILES string of the molecule is COc1ccc2c(c1)OC1(CCN(C(=O)C3COc4ccccc4O3)CC1)CC2=O. The van der Waals surface area contributed by atoms with Crippen LogP contribution in [-0.4, -0.2) is 55.1 Å². The minimum atomic E-state index is -0.659. The number of ether oxygens (including phenoxy) is 4. The number of likely N-dealkylation sites (tertiary alicyclic amines) is 1. The number of piperidine rings is 1. The van der Waals surface area contributed by atoms with Crippen LogP contribution >= 0.6 is 0 Å². The van der Waals surface area contributed by atoms with E-state index in [0.29, 0.717) is 60.9 Å². The lowest BCUT2D eigenvalue weighted by atomic mass is 9.82. The van der Waals surface area contributed by atoms with E-state index in [2.05, 4.69) is 0 Å². The maximum atomic E-state index is 13.0. The van der Waals surface area contributed by atoms with Crippen LogP contribution in [0, 0.1) is 0 Å². The highest BCUT2D eigenvalue weighted by molar-refractivity contribution is 6.00. The molecule has 3 aliphatic rings. The number of carbonyl (C=O) groups excluding carboxylic acids is 2. The van der Waals surface area contributed by atoms with Gasteiger partial charge in [0.1, 0.15) is 23.7 Å². The van der Waals surface area contributed by atoms with Gasteiger partial charge in [-0.05, 0) is 24.3 Å². The summed E-state index contributed by atoms with van der Waals surface area (Å²) in [6.45, 7) is 1.21. The fourth-order valence-electron chi connectivity index (χ4n) is 4.36. The number of hydrogen-bond acceptors (Lipinski definition) is 6. The summed E-state index contributed by atoms with van der Waals surface area (Å²) < 4.78 is 23.1. The maximum Gasteiger partial charge on any atom is 0.267 e. The summed E-state index contributed by atoms with van der Waals surface area (Å²) in [7, 11) is 1.59. The van der Waals surface area contributed by atoms with Crippen molar-refractivity contribution in [2.24, 2.45) is 0 Å². The molecule has 156 valence electrons. The van der Waals surface area contributed by atoms with E-state index >= 15 is 0 Å². The zero-order chi connectivity index (χ0) is 20.7. The number of Topliss-reactive ketones (excluding diaryl/α,β-unsaturated/α-hetero) is 1. The zero-order valence-corrected chi connectivity index (χ0v) is 16.8. The van der Waals surface area contributed by atoms with Crippen LogP contribution in [0.25, 0.3) is 0 Å². The first-order valence-corrected chi connectivity index (χ1v) is 10.1. The van der Waals surface area contributed by atoms with Gasteiger partial charge in [-0.3, -0.25) is 9.59 Å². The van der Waals surface area contributed by atoms with Crippen LogP contribution in [0.1, 0.15) is 29.6 Å². The van der Waals surface area contributed by atoms with Gasteiger partial charge in [0.2, 0.25) is 6.10 Å². The van der Waals surface area contributed by atoms with Crippen molar-refractivity contribution in [1.29, 1.82) is 0 Å². The van der Waals surface area contributed by atoms with Crippen LogP contribution < -0.4 is 18.9 Å². The average Bonchev–Trinajstić information content (AvgIpc) is 2.78. The van der Waals surface area contributed by atoms with Crippen LogP contribution in [0.15, 0.2) is 42.5 Å². The summed E-state index contributed by atoms with van der Waals surface area (Å²) in [5.74, 6) is 2.43. The van der Waals surface area contributed by atoms with E-state index in [0.717, 1.165) is 0 Å². The van der Waals surface area contributed by atoms with Gasteiger partial charge in [0.05, 0.1) is 19.1 Å². The van der Waals surface area contributed by atoms with Crippen molar-refractivity contribution in [2.75, 3.05) is 26.8 Å². The molecule has 0 aliphatic carbocycles. The molecule has 1 saturated heterocycles. The lowest BCUT2D eigenvalue weighted by Gasteiger charge is -2.44. The monoisotopic (exact) mass is 409 g/mol. The van der Waals surface area contributed by atoms with E-state index in [-0.39, 0.29) is 18.3 Å². The first kappa shape index (κ1) is 18.8. The number of nitrogens with zero attached hydrogens (tertiary/aromatic N) is 1. The number of methoxy groups -OCH3 is 1. The Kier molecular flexibility index (Phi) is 4.53. The van der Waals surface area contributed by atoms with Gasteiger partial charge in [0, 0.05) is 32.0 Å². The number of rotatable bonds is 2. The minimum absolute atomic E-state index is 0.0688. The zero-order valence-electron chi connectivity index (χ0n) is 16.8. The Labute approximate surface area is 174 Å². The summed E-state index contributed by atoms with van der Waals surface area (Å²) in [6, 6.07) is 12.6. The van der Waals surface area contributed by atoms with Crippen molar-refractivity contribution in [3.05, 3.63) is 48.0 Å². The Bertz CT molecular complexity index is 995. The third-order valence-electron chi connectivity index (χ3n) is 6.07. The molecule has 7 heteroatoms. The molecule has 1 fully saturated rings. The fraction of sp³-hybridized carbons (Fsp3) is 0.391. The Morgan fingerprint density at radius 1 is 1.10 bits per heavy atom. The maximum absolute atomic E-state index is 13.0. The van der Waals surface area contributed by atoms with Crippen LogP contribution in [-0.2, 0) is 4.79 Å². The lowest BCUT2D eigenvalue weighted by Crippen LogP contribution is -2.55. The average molecular weight is 409 g/mol. The summed E-state index contributed by atoms with van der Waals surface area (Å²) in [6.07, 6.45) is 0.842. The predicted molar refractivity (Wildman–Crippen MR) is 107 cm³/mol. The predicted octanol–water partition coefficient (Wildman–Crippen LogP) is 2.86. The Balaban J connectivity index is 1.26. The standard InChI is InChI=1S/C23H23NO6/c1-27-15-6-7-16-17(25)13-23(30-20(16)12-15)8-10-24(11-9-23)22(26)21-14-28-18-4-2-3-5-19(18)29-21/h2-7,12,21H,8-11,13-14H2,1H3. The molecule has 7 nitrogen and oxygen atoms in total. The third kappa shape index (κ3) is 3.24. The minimum Gasteiger partial charge on any atom is -0.497 e. The molecule has 30 heavy (non-hydrogen) atoms. The van der Waals surface area contributed by atoms with E-state index in [9.17, 15) is 9.59 Å². The van der Waals surface area contributed by atoms with Gasteiger partial charge in [-0.1, -0.05) is 12.1 Å². The van der Waals surface area contributed by atoms with Crippen LogP contribution in [0.4, 0.5) is 0 Å². The van der Waals surface area contributed by atoms with Gasteiger partial charge in [-0.2, -0.15) is 0 Å². The molecule has 1 amide bonds. The number of ketones is 1. The van der Waals surface area contributed by atoms with Gasteiger partial charge < -0.3 is 23.8 Å². The van der Waals surface area contributed by atoms with Crippen LogP contribution in [0.5, 0.6) is 23.0 Å². The Morgan fingerprint density at radius 2 is 1.87 bits per heavy atom. The summed E-state index contributed by atoms with van der Waals surface area (Å²) in [4.78, 5) is 27.5. The number of para-hydroxylation sites is 2. The molecule has 0 N–H and O–H groups in total. The van der Waals surface area contributed by atoms with E-state index < -0.39 is 11.7 Å². The number of hydrogen-bond donors (Lipinski definition) is 0. The van der Waals surface area contributed by atoms with Crippen molar-refractivity contribution < 1.29 is 28.5 Å². The second kappa shape index (κ2) is 7.23. The molecule has 3 heterocycles. The smallest absolute Gasteiger partial charge is 0.267 e. The topological polar surface area (TPSA) is 74.3 Å². The number of carbonyl (C=O) groups is 2. The van der Waals surface area contributed by atoms with Gasteiger partial charge in [0.25, 0.3) is 5.91 Å². The molecule has 1 atom stereocenters. The molecule has 3 aliphatic heterocycles. The highest BCUT2D eigenvalue weighted by Crippen LogP contribution is 2.41. The van der Waals surface area contributed by atoms with E-state index in [1.54, 1.807) is 36.3 Å². The Morgan fingerprint density at radius 3 is 2.63 bits per heavy atom. The van der Waals surface area contributed by atoms with E-state index in [4.69, 9.17) is 18.9 Å². The molecule has 2 aromatic carbocycles. The molecule has 0 radical (unpaired) electrons. The van der Waals surface area contributed by atoms with Crippen LogP contribution in [0.3, 0.4) is 0 Å². The normalized spacial score (nSPS) is 21.6. The number of fused-ring (bicyclic) bond motifs is 2.